The van der Waals surface area contributed by atoms with E-state index in [-0.39, 0.29) is 23.0 Å². The van der Waals surface area contributed by atoms with Crippen LogP contribution in [0, 0.1) is 5.41 Å². The molecular weight excluding hydrogens is 328 g/mol. The number of hydrogen-bond donors (Lipinski definition) is 0. The maximum absolute atomic E-state index is 13.1. The molecular formula is C21H26N2O3. The van der Waals surface area contributed by atoms with Crippen molar-refractivity contribution in [2.45, 2.75) is 39.0 Å². The molecule has 138 valence electrons. The zero-order valence-corrected chi connectivity index (χ0v) is 15.5. The number of carbonyl (C=O) groups excluding carboxylic acids is 2. The lowest BCUT2D eigenvalue weighted by atomic mass is 9.69. The number of rotatable bonds is 2. The predicted molar refractivity (Wildman–Crippen MR) is 98.1 cm³/mol. The van der Waals surface area contributed by atoms with Crippen LogP contribution in [0.1, 0.15) is 44.6 Å². The number of ketones is 1. The Balaban J connectivity index is 1.81. The van der Waals surface area contributed by atoms with Gasteiger partial charge in [0.15, 0.2) is 5.78 Å². The molecule has 2 aliphatic heterocycles. The molecule has 1 unspecified atom stereocenters. The Morgan fingerprint density at radius 1 is 1.04 bits per heavy atom. The van der Waals surface area contributed by atoms with Gasteiger partial charge in [0.2, 0.25) is 5.91 Å². The SMILES string of the molecule is CC1(C)CC(=O)C2=C(C1)N(N1CCOCC1)C(=O)CC2c1ccccc1. The van der Waals surface area contributed by atoms with E-state index in [1.165, 1.54) is 0 Å². The van der Waals surface area contributed by atoms with Gasteiger partial charge >= 0.3 is 0 Å². The van der Waals surface area contributed by atoms with Crippen LogP contribution >= 0.6 is 0 Å². The Bertz CT molecular complexity index is 748. The van der Waals surface area contributed by atoms with Gasteiger partial charge < -0.3 is 4.74 Å². The van der Waals surface area contributed by atoms with Crippen LogP contribution in [0.4, 0.5) is 0 Å². The first-order valence-corrected chi connectivity index (χ1v) is 9.43. The third-order valence-corrected chi connectivity index (χ3v) is 5.59. The summed E-state index contributed by atoms with van der Waals surface area (Å²) in [7, 11) is 0. The summed E-state index contributed by atoms with van der Waals surface area (Å²) >= 11 is 0. The number of benzene rings is 1. The second-order valence-electron chi connectivity index (χ2n) is 8.24. The molecule has 1 saturated heterocycles. The average Bonchev–Trinajstić information content (AvgIpc) is 2.61. The van der Waals surface area contributed by atoms with Crippen molar-refractivity contribution < 1.29 is 14.3 Å². The van der Waals surface area contributed by atoms with E-state index in [9.17, 15) is 9.59 Å². The number of amides is 1. The fourth-order valence-corrected chi connectivity index (χ4v) is 4.45. The van der Waals surface area contributed by atoms with Crippen molar-refractivity contribution in [1.29, 1.82) is 0 Å². The third kappa shape index (κ3) is 3.10. The van der Waals surface area contributed by atoms with E-state index >= 15 is 0 Å². The zero-order valence-electron chi connectivity index (χ0n) is 15.5. The number of morpholine rings is 1. The van der Waals surface area contributed by atoms with Crippen molar-refractivity contribution in [2.75, 3.05) is 26.3 Å². The maximum atomic E-state index is 13.1. The van der Waals surface area contributed by atoms with Crippen molar-refractivity contribution in [1.82, 2.24) is 10.0 Å². The predicted octanol–water partition coefficient (Wildman–Crippen LogP) is 2.89. The largest absolute Gasteiger partial charge is 0.379 e. The van der Waals surface area contributed by atoms with Crippen LogP contribution in [0.25, 0.3) is 0 Å². The smallest absolute Gasteiger partial charge is 0.242 e. The molecule has 0 N–H and O–H groups in total. The van der Waals surface area contributed by atoms with Gasteiger partial charge in [0.1, 0.15) is 0 Å². The van der Waals surface area contributed by atoms with Crippen molar-refractivity contribution >= 4 is 11.7 Å². The van der Waals surface area contributed by atoms with Crippen LogP contribution < -0.4 is 0 Å². The first-order chi connectivity index (χ1) is 12.5. The molecule has 0 spiro atoms. The van der Waals surface area contributed by atoms with Crippen molar-refractivity contribution in [3.05, 3.63) is 47.2 Å². The summed E-state index contributed by atoms with van der Waals surface area (Å²) in [5, 5.41) is 3.88. The second-order valence-corrected chi connectivity index (χ2v) is 8.24. The fourth-order valence-electron chi connectivity index (χ4n) is 4.45. The molecule has 26 heavy (non-hydrogen) atoms. The number of hydrazine groups is 1. The highest BCUT2D eigenvalue weighted by Crippen LogP contribution is 2.47. The van der Waals surface area contributed by atoms with Crippen LogP contribution in [-0.2, 0) is 14.3 Å². The summed E-state index contributed by atoms with van der Waals surface area (Å²) in [6.45, 7) is 6.84. The van der Waals surface area contributed by atoms with Gasteiger partial charge in [0, 0.05) is 43.1 Å². The van der Waals surface area contributed by atoms with Crippen LogP contribution in [0.5, 0.6) is 0 Å². The van der Waals surface area contributed by atoms with Gasteiger partial charge in [-0.2, -0.15) is 0 Å². The van der Waals surface area contributed by atoms with Crippen molar-refractivity contribution in [3.8, 4) is 0 Å². The lowest BCUT2D eigenvalue weighted by Crippen LogP contribution is -2.55. The van der Waals surface area contributed by atoms with E-state index in [0.717, 1.165) is 23.3 Å². The number of Topliss-reactive ketones (excluding diaryl/α,β-unsaturated/α-hetero) is 1. The van der Waals surface area contributed by atoms with E-state index in [1.54, 1.807) is 0 Å². The lowest BCUT2D eigenvalue weighted by Gasteiger charge is -2.47. The van der Waals surface area contributed by atoms with Gasteiger partial charge in [-0.3, -0.25) is 9.59 Å². The molecule has 0 radical (unpaired) electrons. The van der Waals surface area contributed by atoms with Crippen LogP contribution in [0.2, 0.25) is 0 Å². The normalized spacial score (nSPS) is 26.8. The van der Waals surface area contributed by atoms with Gasteiger partial charge in [0.05, 0.1) is 13.2 Å². The monoisotopic (exact) mass is 354 g/mol. The Hall–Kier alpha value is -1.98. The second kappa shape index (κ2) is 6.63. The van der Waals surface area contributed by atoms with Gasteiger partial charge in [-0.1, -0.05) is 44.2 Å². The summed E-state index contributed by atoms with van der Waals surface area (Å²) in [5.41, 5.74) is 2.70. The van der Waals surface area contributed by atoms with Gasteiger partial charge in [-0.05, 0) is 17.4 Å². The zero-order chi connectivity index (χ0) is 18.3. The van der Waals surface area contributed by atoms with E-state index in [2.05, 4.69) is 18.9 Å². The Morgan fingerprint density at radius 2 is 1.73 bits per heavy atom. The third-order valence-electron chi connectivity index (χ3n) is 5.59. The lowest BCUT2D eigenvalue weighted by molar-refractivity contribution is -0.154. The highest BCUT2D eigenvalue weighted by molar-refractivity contribution is 6.01. The summed E-state index contributed by atoms with van der Waals surface area (Å²) in [5.74, 6) is 0.153. The van der Waals surface area contributed by atoms with Gasteiger partial charge in [-0.25, -0.2) is 10.0 Å². The van der Waals surface area contributed by atoms with E-state index < -0.39 is 0 Å². The summed E-state index contributed by atoms with van der Waals surface area (Å²) in [6.07, 6.45) is 1.65. The minimum absolute atomic E-state index is 0.0880. The molecule has 0 saturated carbocycles. The molecule has 0 bridgehead atoms. The molecule has 1 fully saturated rings. The molecule has 1 amide bonds. The van der Waals surface area contributed by atoms with Gasteiger partial charge in [-0.15, -0.1) is 0 Å². The standard InChI is InChI=1S/C21H26N2O3/c1-21(2)13-17-20(18(24)14-21)16(15-6-4-3-5-7-15)12-19(25)23(17)22-8-10-26-11-9-22/h3-7,16H,8-14H2,1-2H3. The van der Waals surface area contributed by atoms with Crippen molar-refractivity contribution in [3.63, 3.8) is 0 Å². The van der Waals surface area contributed by atoms with Crippen molar-refractivity contribution in [2.24, 2.45) is 5.41 Å². The molecule has 1 aromatic carbocycles. The Morgan fingerprint density at radius 3 is 2.42 bits per heavy atom. The summed E-state index contributed by atoms with van der Waals surface area (Å²) in [6, 6.07) is 9.98. The van der Waals surface area contributed by atoms with Crippen LogP contribution in [0.15, 0.2) is 41.6 Å². The van der Waals surface area contributed by atoms with E-state index in [4.69, 9.17) is 4.74 Å². The highest BCUT2D eigenvalue weighted by atomic mass is 16.5. The Labute approximate surface area is 154 Å². The van der Waals surface area contributed by atoms with Gasteiger partial charge in [0.25, 0.3) is 0 Å². The summed E-state index contributed by atoms with van der Waals surface area (Å²) < 4.78 is 5.45. The molecule has 1 aliphatic carbocycles. The van der Waals surface area contributed by atoms with E-state index in [1.807, 2.05) is 35.3 Å². The quantitative estimate of drug-likeness (QED) is 0.819. The number of ether oxygens (including phenoxy) is 1. The number of hydrogen-bond acceptors (Lipinski definition) is 4. The number of carbonyl (C=O) groups is 2. The molecule has 0 aromatic heterocycles. The highest BCUT2D eigenvalue weighted by Gasteiger charge is 2.45. The number of nitrogens with zero attached hydrogens (tertiary/aromatic N) is 2. The molecule has 5 nitrogen and oxygen atoms in total. The molecule has 4 rings (SSSR count). The van der Waals surface area contributed by atoms with E-state index in [0.29, 0.717) is 39.1 Å². The first kappa shape index (κ1) is 17.4. The number of allylic oxidation sites excluding steroid dienone is 2. The molecule has 3 aliphatic rings. The molecule has 1 atom stereocenters. The Kier molecular flexibility index (Phi) is 4.45. The fraction of sp³-hybridized carbons (Fsp3) is 0.524. The topological polar surface area (TPSA) is 49.9 Å². The molecule has 5 heteroatoms. The minimum Gasteiger partial charge on any atom is -0.379 e. The molecule has 1 aromatic rings. The van der Waals surface area contributed by atoms with Crippen LogP contribution in [0.3, 0.4) is 0 Å². The summed E-state index contributed by atoms with van der Waals surface area (Å²) in [4.78, 5) is 26.3. The minimum atomic E-state index is -0.126. The molecule has 2 heterocycles. The maximum Gasteiger partial charge on any atom is 0.242 e. The first-order valence-electron chi connectivity index (χ1n) is 9.43. The van der Waals surface area contributed by atoms with Crippen LogP contribution in [-0.4, -0.2) is 48.0 Å². The average molecular weight is 354 g/mol.